The van der Waals surface area contributed by atoms with E-state index in [2.05, 4.69) is 21.4 Å². The van der Waals surface area contributed by atoms with Gasteiger partial charge in [-0.2, -0.15) is 0 Å². The maximum atomic E-state index is 2.93. The summed E-state index contributed by atoms with van der Waals surface area (Å²) in [6.07, 6.45) is 11.4. The maximum Gasteiger partial charge on any atom is -0.0261 e. The molecule has 0 fully saturated rings. The SMILES string of the molecule is PC1CC/C=C/CCC1. The summed E-state index contributed by atoms with van der Waals surface area (Å²) in [7, 11) is 2.93. The van der Waals surface area contributed by atoms with Gasteiger partial charge in [0, 0.05) is 0 Å². The van der Waals surface area contributed by atoms with Gasteiger partial charge in [0.05, 0.1) is 0 Å². The first kappa shape index (κ1) is 7.28. The zero-order valence-corrected chi connectivity index (χ0v) is 7.00. The molecule has 0 saturated carbocycles. The van der Waals surface area contributed by atoms with Crippen molar-refractivity contribution in [1.82, 2.24) is 0 Å². The van der Waals surface area contributed by atoms with Crippen LogP contribution in [-0.4, -0.2) is 5.66 Å². The van der Waals surface area contributed by atoms with Crippen molar-refractivity contribution in [2.24, 2.45) is 0 Å². The summed E-state index contributed by atoms with van der Waals surface area (Å²) in [6, 6.07) is 0. The van der Waals surface area contributed by atoms with Crippen LogP contribution in [0.25, 0.3) is 0 Å². The molecule has 0 spiro atoms. The Bertz CT molecular complexity index is 96.7. The topological polar surface area (TPSA) is 0 Å². The third-order valence-corrected chi connectivity index (χ3v) is 2.48. The molecule has 0 amide bonds. The van der Waals surface area contributed by atoms with Crippen LogP contribution in [0, 0.1) is 0 Å². The van der Waals surface area contributed by atoms with E-state index in [1.54, 1.807) is 0 Å². The minimum atomic E-state index is 0.884. The van der Waals surface area contributed by atoms with Gasteiger partial charge in [-0.3, -0.25) is 0 Å². The summed E-state index contributed by atoms with van der Waals surface area (Å²) in [5, 5.41) is 0. The van der Waals surface area contributed by atoms with E-state index in [1.165, 1.54) is 32.1 Å². The molecule has 0 heterocycles. The van der Waals surface area contributed by atoms with Gasteiger partial charge in [0.25, 0.3) is 0 Å². The Hall–Kier alpha value is 0.170. The van der Waals surface area contributed by atoms with Crippen LogP contribution in [0.15, 0.2) is 12.2 Å². The van der Waals surface area contributed by atoms with Crippen molar-refractivity contribution in [3.63, 3.8) is 0 Å². The van der Waals surface area contributed by atoms with Gasteiger partial charge in [-0.25, -0.2) is 0 Å². The summed E-state index contributed by atoms with van der Waals surface area (Å²) < 4.78 is 0. The van der Waals surface area contributed by atoms with Gasteiger partial charge >= 0.3 is 0 Å². The average molecular weight is 142 g/mol. The van der Waals surface area contributed by atoms with Crippen LogP contribution < -0.4 is 0 Å². The van der Waals surface area contributed by atoms with Gasteiger partial charge in [-0.05, 0) is 37.8 Å². The van der Waals surface area contributed by atoms with E-state index in [0.29, 0.717) is 0 Å². The van der Waals surface area contributed by atoms with Gasteiger partial charge in [-0.15, -0.1) is 9.24 Å². The first-order chi connectivity index (χ1) is 4.39. The highest BCUT2D eigenvalue weighted by Crippen LogP contribution is 2.18. The lowest BCUT2D eigenvalue weighted by Gasteiger charge is -2.10. The van der Waals surface area contributed by atoms with Gasteiger partial charge in [0.2, 0.25) is 0 Å². The molecule has 0 aromatic rings. The standard InChI is InChI=1S/C8H15P/c9-8-6-4-2-1-3-5-7-8/h1-2,8H,3-7,9H2/b2-1+. The molecule has 52 valence electrons. The van der Waals surface area contributed by atoms with Crippen LogP contribution in [0.4, 0.5) is 0 Å². The van der Waals surface area contributed by atoms with Crippen LogP contribution in [-0.2, 0) is 0 Å². The van der Waals surface area contributed by atoms with Crippen LogP contribution in [0.1, 0.15) is 32.1 Å². The molecular formula is C8H15P. The second-order valence-electron chi connectivity index (χ2n) is 2.74. The molecule has 0 saturated heterocycles. The van der Waals surface area contributed by atoms with E-state index in [4.69, 9.17) is 0 Å². The molecule has 1 aliphatic rings. The lowest BCUT2D eigenvalue weighted by molar-refractivity contribution is 0.653. The quantitative estimate of drug-likeness (QED) is 0.360. The first-order valence-corrected chi connectivity index (χ1v) is 4.47. The summed E-state index contributed by atoms with van der Waals surface area (Å²) in [6.45, 7) is 0. The largest absolute Gasteiger partial charge is 0.134 e. The van der Waals surface area contributed by atoms with Crippen molar-refractivity contribution in [3.8, 4) is 0 Å². The highest BCUT2D eigenvalue weighted by atomic mass is 31.0. The van der Waals surface area contributed by atoms with E-state index < -0.39 is 0 Å². The Morgan fingerprint density at radius 2 is 1.89 bits per heavy atom. The highest BCUT2D eigenvalue weighted by Gasteiger charge is 2.01. The third-order valence-electron chi connectivity index (χ3n) is 1.82. The lowest BCUT2D eigenvalue weighted by atomic mass is 10.1. The van der Waals surface area contributed by atoms with Crippen LogP contribution in [0.3, 0.4) is 0 Å². The van der Waals surface area contributed by atoms with Crippen molar-refractivity contribution in [3.05, 3.63) is 12.2 Å². The second-order valence-corrected chi connectivity index (χ2v) is 3.68. The van der Waals surface area contributed by atoms with E-state index in [1.807, 2.05) is 0 Å². The summed E-state index contributed by atoms with van der Waals surface area (Å²) >= 11 is 0. The van der Waals surface area contributed by atoms with Crippen molar-refractivity contribution in [2.75, 3.05) is 0 Å². The van der Waals surface area contributed by atoms with Gasteiger partial charge < -0.3 is 0 Å². The minimum Gasteiger partial charge on any atom is -0.134 e. The van der Waals surface area contributed by atoms with E-state index in [0.717, 1.165) is 5.66 Å². The van der Waals surface area contributed by atoms with Crippen LogP contribution >= 0.6 is 9.24 Å². The predicted octanol–water partition coefficient (Wildman–Crippen LogP) is 2.75. The Labute approximate surface area is 59.9 Å². The predicted molar refractivity (Wildman–Crippen MR) is 45.7 cm³/mol. The number of hydrogen-bond acceptors (Lipinski definition) is 0. The van der Waals surface area contributed by atoms with Gasteiger partial charge in [-0.1, -0.05) is 12.2 Å². The molecule has 0 bridgehead atoms. The van der Waals surface area contributed by atoms with Crippen LogP contribution in [0.2, 0.25) is 0 Å². The molecule has 2 unspecified atom stereocenters. The molecule has 1 rings (SSSR count). The van der Waals surface area contributed by atoms with Crippen molar-refractivity contribution >= 4 is 9.24 Å². The normalized spacial score (nSPS) is 32.8. The smallest absolute Gasteiger partial charge is 0.0261 e. The summed E-state index contributed by atoms with van der Waals surface area (Å²) in [4.78, 5) is 0. The first-order valence-electron chi connectivity index (χ1n) is 3.80. The fourth-order valence-electron chi connectivity index (χ4n) is 1.19. The summed E-state index contributed by atoms with van der Waals surface area (Å²) in [5.41, 5.74) is 0.884. The second kappa shape index (κ2) is 4.06. The van der Waals surface area contributed by atoms with E-state index in [9.17, 15) is 0 Å². The fraction of sp³-hybridized carbons (Fsp3) is 0.750. The zero-order chi connectivity index (χ0) is 6.53. The fourth-order valence-corrected chi connectivity index (χ4v) is 1.62. The Morgan fingerprint density at radius 3 is 2.78 bits per heavy atom. The minimum absolute atomic E-state index is 0.884. The zero-order valence-electron chi connectivity index (χ0n) is 5.84. The number of rotatable bonds is 0. The third kappa shape index (κ3) is 3.01. The number of hydrogen-bond donors (Lipinski definition) is 0. The maximum absolute atomic E-state index is 2.93. The molecule has 0 aromatic carbocycles. The van der Waals surface area contributed by atoms with E-state index in [-0.39, 0.29) is 0 Å². The molecule has 0 N–H and O–H groups in total. The molecule has 1 heteroatoms. The summed E-state index contributed by atoms with van der Waals surface area (Å²) in [5.74, 6) is 0. The molecule has 0 nitrogen and oxygen atoms in total. The lowest BCUT2D eigenvalue weighted by Crippen LogP contribution is -1.97. The Kier molecular flexibility index (Phi) is 3.28. The molecular weight excluding hydrogens is 127 g/mol. The van der Waals surface area contributed by atoms with Crippen molar-refractivity contribution < 1.29 is 0 Å². The molecule has 9 heavy (non-hydrogen) atoms. The van der Waals surface area contributed by atoms with Gasteiger partial charge in [0.1, 0.15) is 0 Å². The van der Waals surface area contributed by atoms with Gasteiger partial charge in [0.15, 0.2) is 0 Å². The van der Waals surface area contributed by atoms with E-state index >= 15 is 0 Å². The highest BCUT2D eigenvalue weighted by molar-refractivity contribution is 7.17. The van der Waals surface area contributed by atoms with Crippen LogP contribution in [0.5, 0.6) is 0 Å². The van der Waals surface area contributed by atoms with Crippen molar-refractivity contribution in [1.29, 1.82) is 0 Å². The molecule has 1 aliphatic carbocycles. The Balaban J connectivity index is 2.27. The number of allylic oxidation sites excluding steroid dienone is 2. The molecule has 0 radical (unpaired) electrons. The molecule has 2 atom stereocenters. The monoisotopic (exact) mass is 142 g/mol. The average Bonchev–Trinajstić information content (AvgIpc) is 1.79. The molecule has 0 aromatic heterocycles. The Morgan fingerprint density at radius 1 is 1.11 bits per heavy atom. The van der Waals surface area contributed by atoms with Crippen molar-refractivity contribution in [2.45, 2.75) is 37.8 Å². The molecule has 0 aliphatic heterocycles.